The van der Waals surface area contributed by atoms with Gasteiger partial charge in [-0.25, -0.2) is 0 Å². The molecule has 1 atom stereocenters. The van der Waals surface area contributed by atoms with Crippen LogP contribution in [0.4, 0.5) is 0 Å². The van der Waals surface area contributed by atoms with Crippen molar-refractivity contribution in [3.63, 3.8) is 0 Å². The van der Waals surface area contributed by atoms with E-state index in [9.17, 15) is 9.90 Å². The normalized spacial score (nSPS) is 11.9. The van der Waals surface area contributed by atoms with Crippen LogP contribution >= 0.6 is 0 Å². The van der Waals surface area contributed by atoms with Crippen molar-refractivity contribution in [3.05, 3.63) is 65.7 Å². The third-order valence-electron chi connectivity index (χ3n) is 3.91. The summed E-state index contributed by atoms with van der Waals surface area (Å²) in [5.74, 6) is -0.202. The molecule has 0 spiro atoms. The molecule has 1 N–H and O–H groups in total. The zero-order valence-corrected chi connectivity index (χ0v) is 13.6. The summed E-state index contributed by atoms with van der Waals surface area (Å²) in [6.07, 6.45) is 3.29. The van der Waals surface area contributed by atoms with Crippen molar-refractivity contribution in [2.45, 2.75) is 39.2 Å². The highest BCUT2D eigenvalue weighted by Crippen LogP contribution is 2.19. The monoisotopic (exact) mass is 312 g/mol. The van der Waals surface area contributed by atoms with Gasteiger partial charge in [0.1, 0.15) is 12.4 Å². The highest BCUT2D eigenvalue weighted by molar-refractivity contribution is 5.70. The number of carboxylic acid groups (broad SMARTS) is 1. The van der Waals surface area contributed by atoms with E-state index in [1.54, 1.807) is 0 Å². The molecule has 2 rings (SSSR count). The lowest BCUT2D eigenvalue weighted by atomic mass is 9.94. The zero-order chi connectivity index (χ0) is 16.5. The van der Waals surface area contributed by atoms with E-state index in [2.05, 4.69) is 6.92 Å². The van der Waals surface area contributed by atoms with Crippen molar-refractivity contribution in [1.29, 1.82) is 0 Å². The second-order valence-corrected chi connectivity index (χ2v) is 5.80. The van der Waals surface area contributed by atoms with Gasteiger partial charge in [-0.15, -0.1) is 0 Å². The first kappa shape index (κ1) is 17.1. The van der Waals surface area contributed by atoms with E-state index < -0.39 is 5.97 Å². The number of carbonyl (C=O) groups is 1. The molecule has 2 aromatic rings. The topological polar surface area (TPSA) is 46.5 Å². The maximum atomic E-state index is 11.3. The van der Waals surface area contributed by atoms with Crippen LogP contribution in [-0.4, -0.2) is 11.1 Å². The summed E-state index contributed by atoms with van der Waals surface area (Å²) >= 11 is 0. The van der Waals surface area contributed by atoms with Crippen LogP contribution in [0.1, 0.15) is 37.3 Å². The molecule has 3 nitrogen and oxygen atoms in total. The van der Waals surface area contributed by atoms with E-state index in [0.717, 1.165) is 36.1 Å². The summed E-state index contributed by atoms with van der Waals surface area (Å²) in [4.78, 5) is 11.3. The second-order valence-electron chi connectivity index (χ2n) is 5.80. The Labute approximate surface area is 137 Å². The van der Waals surface area contributed by atoms with Gasteiger partial charge in [0.15, 0.2) is 0 Å². The van der Waals surface area contributed by atoms with Crippen molar-refractivity contribution in [1.82, 2.24) is 0 Å². The molecule has 0 amide bonds. The Bertz CT molecular complexity index is 590. The third kappa shape index (κ3) is 5.78. The van der Waals surface area contributed by atoms with Crippen LogP contribution in [0.25, 0.3) is 0 Å². The minimum Gasteiger partial charge on any atom is -0.489 e. The molecule has 0 aliphatic heterocycles. The molecule has 0 heterocycles. The van der Waals surface area contributed by atoms with Gasteiger partial charge in [-0.2, -0.15) is 0 Å². The van der Waals surface area contributed by atoms with E-state index >= 15 is 0 Å². The lowest BCUT2D eigenvalue weighted by molar-refractivity contribution is -0.141. The molecule has 0 aliphatic carbocycles. The van der Waals surface area contributed by atoms with Crippen LogP contribution in [0.15, 0.2) is 54.6 Å². The van der Waals surface area contributed by atoms with Crippen LogP contribution in [0.3, 0.4) is 0 Å². The maximum Gasteiger partial charge on any atom is 0.306 e. The SMILES string of the molecule is CCCCC(Cc1ccc(OCc2ccccc2)cc1)C(=O)O. The summed E-state index contributed by atoms with van der Waals surface area (Å²) in [5.41, 5.74) is 2.17. The summed E-state index contributed by atoms with van der Waals surface area (Å²) in [5, 5.41) is 9.30. The van der Waals surface area contributed by atoms with Crippen molar-refractivity contribution in [3.8, 4) is 5.75 Å². The maximum absolute atomic E-state index is 11.3. The van der Waals surface area contributed by atoms with Gasteiger partial charge in [-0.05, 0) is 36.1 Å². The Morgan fingerprint density at radius 2 is 1.74 bits per heavy atom. The number of hydrogen-bond donors (Lipinski definition) is 1. The zero-order valence-electron chi connectivity index (χ0n) is 13.6. The number of aliphatic carboxylic acids is 1. The largest absolute Gasteiger partial charge is 0.489 e. The van der Waals surface area contributed by atoms with Gasteiger partial charge in [0.25, 0.3) is 0 Å². The minimum atomic E-state index is -0.706. The van der Waals surface area contributed by atoms with Gasteiger partial charge in [-0.3, -0.25) is 4.79 Å². The molecule has 0 fully saturated rings. The standard InChI is InChI=1S/C20H24O3/c1-2-3-9-18(20(21)22)14-16-10-12-19(13-11-16)23-15-17-7-5-4-6-8-17/h4-8,10-13,18H,2-3,9,14-15H2,1H3,(H,21,22). The number of benzene rings is 2. The van der Waals surface area contributed by atoms with Crippen LogP contribution in [0.5, 0.6) is 5.75 Å². The quantitative estimate of drug-likeness (QED) is 0.730. The van der Waals surface area contributed by atoms with Crippen LogP contribution < -0.4 is 4.74 Å². The lowest BCUT2D eigenvalue weighted by Gasteiger charge is -2.12. The van der Waals surface area contributed by atoms with Gasteiger partial charge in [0.05, 0.1) is 5.92 Å². The second kappa shape index (κ2) is 8.99. The fourth-order valence-corrected chi connectivity index (χ4v) is 2.51. The highest BCUT2D eigenvalue weighted by Gasteiger charge is 2.17. The molecular weight excluding hydrogens is 288 g/mol. The Morgan fingerprint density at radius 1 is 1.04 bits per heavy atom. The van der Waals surface area contributed by atoms with Gasteiger partial charge in [0, 0.05) is 0 Å². The summed E-state index contributed by atoms with van der Waals surface area (Å²) in [6, 6.07) is 17.8. The number of unbranched alkanes of at least 4 members (excludes halogenated alkanes) is 1. The van der Waals surface area contributed by atoms with Crippen molar-refractivity contribution >= 4 is 5.97 Å². The first-order chi connectivity index (χ1) is 11.2. The van der Waals surface area contributed by atoms with Crippen LogP contribution in [0.2, 0.25) is 0 Å². The fourth-order valence-electron chi connectivity index (χ4n) is 2.51. The fraction of sp³-hybridized carbons (Fsp3) is 0.350. The molecule has 3 heteroatoms. The van der Waals surface area contributed by atoms with Crippen LogP contribution in [-0.2, 0) is 17.8 Å². The number of hydrogen-bond acceptors (Lipinski definition) is 2. The molecule has 0 aliphatic rings. The van der Waals surface area contributed by atoms with Gasteiger partial charge in [-0.1, -0.05) is 62.2 Å². The van der Waals surface area contributed by atoms with E-state index in [1.807, 2.05) is 54.6 Å². The lowest BCUT2D eigenvalue weighted by Crippen LogP contribution is -2.16. The minimum absolute atomic E-state index is 0.300. The average molecular weight is 312 g/mol. The molecule has 0 saturated carbocycles. The van der Waals surface area contributed by atoms with E-state index in [1.165, 1.54) is 0 Å². The Balaban J connectivity index is 1.89. The van der Waals surface area contributed by atoms with Crippen LogP contribution in [0, 0.1) is 5.92 Å². The number of carboxylic acids is 1. The Morgan fingerprint density at radius 3 is 2.35 bits per heavy atom. The molecule has 1 unspecified atom stereocenters. The van der Waals surface area contributed by atoms with Gasteiger partial charge in [0.2, 0.25) is 0 Å². The molecule has 0 radical (unpaired) electrons. The highest BCUT2D eigenvalue weighted by atomic mass is 16.5. The van der Waals surface area contributed by atoms with E-state index in [-0.39, 0.29) is 5.92 Å². The molecule has 0 bridgehead atoms. The first-order valence-electron chi connectivity index (χ1n) is 8.17. The molecule has 2 aromatic carbocycles. The number of ether oxygens (including phenoxy) is 1. The molecule has 0 saturated heterocycles. The van der Waals surface area contributed by atoms with E-state index in [0.29, 0.717) is 13.0 Å². The van der Waals surface area contributed by atoms with Gasteiger partial charge < -0.3 is 9.84 Å². The first-order valence-corrected chi connectivity index (χ1v) is 8.17. The van der Waals surface area contributed by atoms with Crippen molar-refractivity contribution < 1.29 is 14.6 Å². The van der Waals surface area contributed by atoms with Crippen molar-refractivity contribution in [2.24, 2.45) is 5.92 Å². The summed E-state index contributed by atoms with van der Waals surface area (Å²) in [6.45, 7) is 2.62. The Hall–Kier alpha value is -2.29. The molecule has 122 valence electrons. The molecular formula is C20H24O3. The summed E-state index contributed by atoms with van der Waals surface area (Å²) < 4.78 is 5.75. The van der Waals surface area contributed by atoms with Crippen molar-refractivity contribution in [2.75, 3.05) is 0 Å². The average Bonchev–Trinajstić information content (AvgIpc) is 2.58. The third-order valence-corrected chi connectivity index (χ3v) is 3.91. The molecule has 0 aromatic heterocycles. The predicted molar refractivity (Wildman–Crippen MR) is 91.6 cm³/mol. The van der Waals surface area contributed by atoms with E-state index in [4.69, 9.17) is 4.74 Å². The smallest absolute Gasteiger partial charge is 0.306 e. The van der Waals surface area contributed by atoms with Gasteiger partial charge >= 0.3 is 5.97 Å². The number of rotatable bonds is 9. The Kier molecular flexibility index (Phi) is 6.67. The molecule has 23 heavy (non-hydrogen) atoms. The summed E-state index contributed by atoms with van der Waals surface area (Å²) in [7, 11) is 0. The predicted octanol–water partition coefficient (Wildman–Crippen LogP) is 4.70.